The molecule has 2 atom stereocenters. The number of halogens is 3. The van der Waals surface area contributed by atoms with Crippen LogP contribution in [-0.4, -0.2) is 13.0 Å². The topological polar surface area (TPSA) is 63.5 Å². The lowest BCUT2D eigenvalue weighted by Gasteiger charge is -2.30. The molecule has 1 aromatic carbocycles. The molecule has 1 aliphatic heterocycles. The summed E-state index contributed by atoms with van der Waals surface area (Å²) < 4.78 is 48.9. The Labute approximate surface area is 143 Å². The van der Waals surface area contributed by atoms with E-state index < -0.39 is 11.9 Å². The van der Waals surface area contributed by atoms with Gasteiger partial charge in [0, 0.05) is 11.8 Å². The fraction of sp³-hybridized carbons (Fsp3) is 0.471. The highest BCUT2D eigenvalue weighted by Gasteiger charge is 2.37. The molecular weight excluding hydrogens is 337 g/mol. The van der Waals surface area contributed by atoms with E-state index in [1.54, 1.807) is 12.1 Å². The Morgan fingerprint density at radius 2 is 1.96 bits per heavy atom. The number of hydrazine groups is 1. The summed E-state index contributed by atoms with van der Waals surface area (Å²) in [5.74, 6) is -1.08. The maximum atomic E-state index is 13.0. The van der Waals surface area contributed by atoms with Crippen LogP contribution in [0.25, 0.3) is 11.0 Å². The van der Waals surface area contributed by atoms with E-state index in [1.807, 2.05) is 20.8 Å². The molecule has 8 heteroatoms. The number of benzene rings is 1. The Balaban J connectivity index is 0.00000109. The molecule has 1 amide bonds. The lowest BCUT2D eigenvalue weighted by molar-refractivity contribution is -0.152. The van der Waals surface area contributed by atoms with Gasteiger partial charge in [-0.3, -0.25) is 10.2 Å². The number of furan rings is 1. The number of amides is 1. The molecule has 1 saturated heterocycles. The lowest BCUT2D eigenvalue weighted by atomic mass is 9.89. The first-order chi connectivity index (χ1) is 11.8. The number of alkyl halides is 3. The van der Waals surface area contributed by atoms with Crippen LogP contribution >= 0.6 is 0 Å². The summed E-state index contributed by atoms with van der Waals surface area (Å²) in [7, 11) is 1.37. The second kappa shape index (κ2) is 7.35. The first kappa shape index (κ1) is 19.1. The summed E-state index contributed by atoms with van der Waals surface area (Å²) >= 11 is 0. The van der Waals surface area contributed by atoms with Gasteiger partial charge in [-0.25, -0.2) is 5.43 Å². The van der Waals surface area contributed by atoms with Crippen LogP contribution in [0.1, 0.15) is 44.6 Å². The smallest absolute Gasteiger partial charge is 0.449 e. The fourth-order valence-electron chi connectivity index (χ4n) is 2.84. The summed E-state index contributed by atoms with van der Waals surface area (Å²) in [6.45, 7) is 5.86. The molecule has 0 bridgehead atoms. The van der Waals surface area contributed by atoms with Crippen molar-refractivity contribution in [1.82, 2.24) is 10.9 Å². The van der Waals surface area contributed by atoms with Crippen molar-refractivity contribution in [2.45, 2.75) is 39.4 Å². The highest BCUT2D eigenvalue weighted by atomic mass is 19.4. The second-order valence-corrected chi connectivity index (χ2v) is 5.56. The summed E-state index contributed by atoms with van der Waals surface area (Å²) in [4.78, 5) is 11.4. The maximum absolute atomic E-state index is 13.0. The molecule has 2 heterocycles. The Kier molecular flexibility index (Phi) is 5.62. The number of carbonyl (C=O) groups excluding carboxylic acids is 1. The summed E-state index contributed by atoms with van der Waals surface area (Å²) in [6.07, 6.45) is -4.30. The van der Waals surface area contributed by atoms with E-state index in [0.717, 1.165) is 6.07 Å². The number of nitrogens with one attached hydrogen (secondary N) is 2. The number of carbonyl (C=O) groups is 1. The van der Waals surface area contributed by atoms with Gasteiger partial charge in [0.25, 0.3) is 0 Å². The number of ether oxygens (including phenoxy) is 1. The monoisotopic (exact) mass is 358 g/mol. The molecule has 2 aromatic rings. The van der Waals surface area contributed by atoms with Crippen molar-refractivity contribution < 1.29 is 27.1 Å². The van der Waals surface area contributed by atoms with Crippen molar-refractivity contribution in [3.63, 3.8) is 0 Å². The van der Waals surface area contributed by atoms with Crippen LogP contribution in [0.5, 0.6) is 5.75 Å². The SMILES string of the molecule is CC.COc1ccc(C2NNC(=O)CC2C)c2cc(C(F)(F)F)oc12. The average molecular weight is 358 g/mol. The van der Waals surface area contributed by atoms with Crippen LogP contribution in [0.2, 0.25) is 0 Å². The lowest BCUT2D eigenvalue weighted by Crippen LogP contribution is -2.48. The minimum atomic E-state index is -4.58. The molecule has 2 N–H and O–H groups in total. The van der Waals surface area contributed by atoms with Gasteiger partial charge in [0.05, 0.1) is 13.2 Å². The number of rotatable bonds is 2. The van der Waals surface area contributed by atoms with Gasteiger partial charge in [0.2, 0.25) is 11.7 Å². The number of methoxy groups -OCH3 is 1. The quantitative estimate of drug-likeness (QED) is 0.845. The maximum Gasteiger partial charge on any atom is 0.449 e. The number of hydrogen-bond donors (Lipinski definition) is 2. The zero-order valence-electron chi connectivity index (χ0n) is 14.5. The number of fused-ring (bicyclic) bond motifs is 1. The Bertz CT molecular complexity index is 755. The van der Waals surface area contributed by atoms with Crippen LogP contribution in [0.3, 0.4) is 0 Å². The standard InChI is InChI=1S/C15H15F3N2O3.C2H6/c1-7-5-12(21)19-20-13(7)8-3-4-10(22-2)14-9(8)6-11(23-14)15(16,17)18;1-2/h3-4,6-7,13,20H,5H2,1-2H3,(H,19,21);1-2H3. The van der Waals surface area contributed by atoms with Crippen molar-refractivity contribution in [3.8, 4) is 5.75 Å². The van der Waals surface area contributed by atoms with Gasteiger partial charge in [-0.2, -0.15) is 13.2 Å². The first-order valence-electron chi connectivity index (χ1n) is 8.03. The van der Waals surface area contributed by atoms with Crippen LogP contribution in [0, 0.1) is 5.92 Å². The van der Waals surface area contributed by atoms with Gasteiger partial charge in [-0.05, 0) is 23.6 Å². The molecule has 3 rings (SSSR count). The van der Waals surface area contributed by atoms with E-state index >= 15 is 0 Å². The first-order valence-corrected chi connectivity index (χ1v) is 8.03. The summed E-state index contributed by atoms with van der Waals surface area (Å²) in [5.41, 5.74) is 6.03. The zero-order chi connectivity index (χ0) is 18.8. The average Bonchev–Trinajstić information content (AvgIpc) is 3.02. The Morgan fingerprint density at radius 3 is 2.52 bits per heavy atom. The summed E-state index contributed by atoms with van der Waals surface area (Å²) in [5, 5.41) is 0.317. The van der Waals surface area contributed by atoms with E-state index in [-0.39, 0.29) is 35.6 Å². The van der Waals surface area contributed by atoms with Gasteiger partial charge >= 0.3 is 6.18 Å². The van der Waals surface area contributed by atoms with Crippen LogP contribution in [0.4, 0.5) is 13.2 Å². The van der Waals surface area contributed by atoms with Gasteiger partial charge in [-0.1, -0.05) is 26.8 Å². The zero-order valence-corrected chi connectivity index (χ0v) is 14.5. The Hall–Kier alpha value is -2.22. The fourth-order valence-corrected chi connectivity index (χ4v) is 2.84. The van der Waals surface area contributed by atoms with E-state index in [9.17, 15) is 18.0 Å². The van der Waals surface area contributed by atoms with Crippen molar-refractivity contribution in [2.24, 2.45) is 5.92 Å². The normalized spacial score (nSPS) is 20.7. The third-order valence-electron chi connectivity index (χ3n) is 3.96. The molecule has 1 fully saturated rings. The van der Waals surface area contributed by atoms with E-state index in [2.05, 4.69) is 10.9 Å². The predicted molar refractivity (Wildman–Crippen MR) is 86.9 cm³/mol. The van der Waals surface area contributed by atoms with Crippen LogP contribution < -0.4 is 15.6 Å². The third-order valence-corrected chi connectivity index (χ3v) is 3.96. The van der Waals surface area contributed by atoms with Gasteiger partial charge in [-0.15, -0.1) is 0 Å². The summed E-state index contributed by atoms with van der Waals surface area (Å²) in [6, 6.07) is 3.90. The van der Waals surface area contributed by atoms with Gasteiger partial charge in [0.15, 0.2) is 11.3 Å². The molecule has 0 aliphatic carbocycles. The predicted octanol–water partition coefficient (Wildman–Crippen LogP) is 4.19. The third kappa shape index (κ3) is 3.73. The van der Waals surface area contributed by atoms with Crippen molar-refractivity contribution in [2.75, 3.05) is 7.11 Å². The number of hydrogen-bond acceptors (Lipinski definition) is 4. The van der Waals surface area contributed by atoms with Gasteiger partial charge in [0.1, 0.15) is 0 Å². The highest BCUT2D eigenvalue weighted by molar-refractivity contribution is 5.88. The molecule has 1 aliphatic rings. The minimum absolute atomic E-state index is 0.0447. The molecule has 0 spiro atoms. The molecular formula is C17H21F3N2O3. The molecule has 25 heavy (non-hydrogen) atoms. The van der Waals surface area contributed by atoms with Crippen LogP contribution in [-0.2, 0) is 11.0 Å². The second-order valence-electron chi connectivity index (χ2n) is 5.56. The van der Waals surface area contributed by atoms with Crippen molar-refractivity contribution >= 4 is 16.9 Å². The highest BCUT2D eigenvalue weighted by Crippen LogP contribution is 2.41. The largest absolute Gasteiger partial charge is 0.493 e. The molecule has 5 nitrogen and oxygen atoms in total. The van der Waals surface area contributed by atoms with Crippen LogP contribution in [0.15, 0.2) is 22.6 Å². The van der Waals surface area contributed by atoms with Crippen molar-refractivity contribution in [1.29, 1.82) is 0 Å². The van der Waals surface area contributed by atoms with E-state index in [0.29, 0.717) is 10.9 Å². The minimum Gasteiger partial charge on any atom is -0.493 e. The Morgan fingerprint density at radius 1 is 1.28 bits per heavy atom. The van der Waals surface area contributed by atoms with E-state index in [1.165, 1.54) is 7.11 Å². The van der Waals surface area contributed by atoms with Crippen molar-refractivity contribution in [3.05, 3.63) is 29.5 Å². The molecule has 1 aromatic heterocycles. The van der Waals surface area contributed by atoms with E-state index in [4.69, 9.17) is 9.15 Å². The van der Waals surface area contributed by atoms with Gasteiger partial charge < -0.3 is 9.15 Å². The molecule has 0 radical (unpaired) electrons. The molecule has 138 valence electrons. The molecule has 2 unspecified atom stereocenters. The molecule has 0 saturated carbocycles.